The molecule has 186 valence electrons. The number of carbonyl (C=O) groups is 1. The number of benzene rings is 3. The average Bonchev–Trinajstić information content (AvgIpc) is 3.46. The van der Waals surface area contributed by atoms with E-state index in [0.29, 0.717) is 19.6 Å². The standard InChI is InChI=1S/C30H33N3O3/c1-21-10-11-24(18-22(21)2)33-20-23(19-29(33)34)30-31-27-8-4-5-9-28(27)32(30)16-6-7-17-36-26-14-12-25(35-3)13-15-26/h4-5,8-15,18,23H,6-7,16-17,19-20H2,1-3H3. The van der Waals surface area contributed by atoms with Crippen molar-refractivity contribution in [2.45, 2.75) is 45.6 Å². The van der Waals surface area contributed by atoms with Gasteiger partial charge in [0.15, 0.2) is 0 Å². The molecule has 0 aliphatic carbocycles. The van der Waals surface area contributed by atoms with Gasteiger partial charge in [-0.15, -0.1) is 0 Å². The Labute approximate surface area is 212 Å². The van der Waals surface area contributed by atoms with E-state index in [1.807, 2.05) is 35.2 Å². The zero-order valence-corrected chi connectivity index (χ0v) is 21.2. The molecule has 1 aliphatic heterocycles. The second-order valence-electron chi connectivity index (χ2n) is 9.52. The number of methoxy groups -OCH3 is 1. The fraction of sp³-hybridized carbons (Fsp3) is 0.333. The van der Waals surface area contributed by atoms with Gasteiger partial charge in [0.2, 0.25) is 5.91 Å². The first kappa shape index (κ1) is 23.9. The van der Waals surface area contributed by atoms with Gasteiger partial charge in [0.25, 0.3) is 0 Å². The van der Waals surface area contributed by atoms with Crippen LogP contribution in [0.2, 0.25) is 0 Å². The number of ether oxygens (including phenoxy) is 2. The van der Waals surface area contributed by atoms with E-state index < -0.39 is 0 Å². The highest BCUT2D eigenvalue weighted by molar-refractivity contribution is 5.96. The minimum Gasteiger partial charge on any atom is -0.497 e. The number of hydrogen-bond donors (Lipinski definition) is 0. The van der Waals surface area contributed by atoms with Crippen LogP contribution in [-0.2, 0) is 11.3 Å². The molecule has 1 aliphatic rings. The van der Waals surface area contributed by atoms with Crippen molar-refractivity contribution in [3.63, 3.8) is 0 Å². The fourth-order valence-electron chi connectivity index (χ4n) is 4.90. The average molecular weight is 484 g/mol. The molecule has 3 aromatic carbocycles. The number of aryl methyl sites for hydroxylation is 3. The van der Waals surface area contributed by atoms with Gasteiger partial charge in [0, 0.05) is 31.1 Å². The Bertz CT molecular complexity index is 1360. The number of para-hydroxylation sites is 2. The van der Waals surface area contributed by atoms with E-state index in [1.54, 1.807) is 7.11 Å². The first-order valence-electron chi connectivity index (χ1n) is 12.6. The highest BCUT2D eigenvalue weighted by Crippen LogP contribution is 2.34. The van der Waals surface area contributed by atoms with E-state index in [1.165, 1.54) is 11.1 Å². The maximum absolute atomic E-state index is 13.0. The van der Waals surface area contributed by atoms with Gasteiger partial charge >= 0.3 is 0 Å². The summed E-state index contributed by atoms with van der Waals surface area (Å²) in [7, 11) is 1.66. The normalized spacial score (nSPS) is 15.6. The number of carbonyl (C=O) groups excluding carboxylic acids is 1. The Kier molecular flexibility index (Phi) is 6.94. The number of amides is 1. The van der Waals surface area contributed by atoms with E-state index in [-0.39, 0.29) is 11.8 Å². The molecule has 1 atom stereocenters. The van der Waals surface area contributed by atoms with Crippen molar-refractivity contribution in [2.75, 3.05) is 25.2 Å². The van der Waals surface area contributed by atoms with Crippen LogP contribution >= 0.6 is 0 Å². The summed E-state index contributed by atoms with van der Waals surface area (Å²) in [6, 6.07) is 22.2. The van der Waals surface area contributed by atoms with Crippen molar-refractivity contribution in [1.29, 1.82) is 0 Å². The minimum absolute atomic E-state index is 0.0714. The highest BCUT2D eigenvalue weighted by atomic mass is 16.5. The van der Waals surface area contributed by atoms with Gasteiger partial charge in [-0.05, 0) is 86.3 Å². The summed E-state index contributed by atoms with van der Waals surface area (Å²) < 4.78 is 13.4. The Morgan fingerprint density at radius 1 is 0.944 bits per heavy atom. The first-order valence-corrected chi connectivity index (χ1v) is 12.6. The molecule has 6 nitrogen and oxygen atoms in total. The molecule has 1 amide bonds. The van der Waals surface area contributed by atoms with Crippen molar-refractivity contribution in [1.82, 2.24) is 9.55 Å². The van der Waals surface area contributed by atoms with Crippen LogP contribution in [0, 0.1) is 13.8 Å². The Balaban J connectivity index is 1.28. The molecule has 4 aromatic rings. The van der Waals surface area contributed by atoms with Gasteiger partial charge in [0.1, 0.15) is 17.3 Å². The summed E-state index contributed by atoms with van der Waals surface area (Å²) in [6.07, 6.45) is 2.37. The van der Waals surface area contributed by atoms with Gasteiger partial charge < -0.3 is 18.9 Å². The molecular weight excluding hydrogens is 450 g/mol. The van der Waals surface area contributed by atoms with Crippen LogP contribution in [0.4, 0.5) is 5.69 Å². The summed E-state index contributed by atoms with van der Waals surface area (Å²) in [6.45, 7) is 6.34. The van der Waals surface area contributed by atoms with Gasteiger partial charge in [-0.1, -0.05) is 18.2 Å². The molecular formula is C30H33N3O3. The molecule has 1 unspecified atom stereocenters. The van der Waals surface area contributed by atoms with Crippen molar-refractivity contribution >= 4 is 22.6 Å². The quantitative estimate of drug-likeness (QED) is 0.272. The van der Waals surface area contributed by atoms with Crippen molar-refractivity contribution in [3.8, 4) is 11.5 Å². The zero-order valence-electron chi connectivity index (χ0n) is 21.2. The van der Waals surface area contributed by atoms with Crippen molar-refractivity contribution in [2.24, 2.45) is 0 Å². The Morgan fingerprint density at radius 3 is 2.50 bits per heavy atom. The molecule has 36 heavy (non-hydrogen) atoms. The number of anilines is 1. The number of unbranched alkanes of at least 4 members (excludes halogenated alkanes) is 1. The molecule has 0 N–H and O–H groups in total. The SMILES string of the molecule is COc1ccc(OCCCCn2c(C3CC(=O)N(c4ccc(C)c(C)c4)C3)nc3ccccc32)cc1. The van der Waals surface area contributed by atoms with Gasteiger partial charge in [0.05, 0.1) is 24.8 Å². The van der Waals surface area contributed by atoms with Crippen LogP contribution in [0.5, 0.6) is 11.5 Å². The van der Waals surface area contributed by atoms with Gasteiger partial charge in [-0.3, -0.25) is 4.79 Å². The molecule has 1 saturated heterocycles. The molecule has 2 heterocycles. The lowest BCUT2D eigenvalue weighted by Crippen LogP contribution is -2.24. The van der Waals surface area contributed by atoms with Crippen LogP contribution in [0.25, 0.3) is 11.0 Å². The second-order valence-corrected chi connectivity index (χ2v) is 9.52. The lowest BCUT2D eigenvalue weighted by Gasteiger charge is -2.18. The van der Waals surface area contributed by atoms with Gasteiger partial charge in [-0.25, -0.2) is 4.98 Å². The summed E-state index contributed by atoms with van der Waals surface area (Å²) >= 11 is 0. The maximum Gasteiger partial charge on any atom is 0.227 e. The Hall–Kier alpha value is -3.80. The van der Waals surface area contributed by atoms with Crippen LogP contribution in [0.15, 0.2) is 66.7 Å². The van der Waals surface area contributed by atoms with E-state index in [2.05, 4.69) is 54.8 Å². The molecule has 1 fully saturated rings. The summed E-state index contributed by atoms with van der Waals surface area (Å²) in [5, 5.41) is 0. The smallest absolute Gasteiger partial charge is 0.227 e. The first-order chi connectivity index (χ1) is 17.5. The van der Waals surface area contributed by atoms with Crippen LogP contribution < -0.4 is 14.4 Å². The van der Waals surface area contributed by atoms with E-state index in [4.69, 9.17) is 14.5 Å². The lowest BCUT2D eigenvalue weighted by atomic mass is 10.1. The monoisotopic (exact) mass is 483 g/mol. The molecule has 0 saturated carbocycles. The summed E-state index contributed by atoms with van der Waals surface area (Å²) in [4.78, 5) is 19.9. The van der Waals surface area contributed by atoms with E-state index >= 15 is 0 Å². The zero-order chi connectivity index (χ0) is 25.1. The number of imidazole rings is 1. The summed E-state index contributed by atoms with van der Waals surface area (Å²) in [5.74, 6) is 2.91. The highest BCUT2D eigenvalue weighted by Gasteiger charge is 2.34. The van der Waals surface area contributed by atoms with E-state index in [0.717, 1.165) is 53.4 Å². The number of aromatic nitrogens is 2. The third kappa shape index (κ3) is 4.94. The third-order valence-corrected chi connectivity index (χ3v) is 7.08. The fourth-order valence-corrected chi connectivity index (χ4v) is 4.90. The molecule has 6 heteroatoms. The maximum atomic E-state index is 13.0. The van der Waals surface area contributed by atoms with Crippen LogP contribution in [0.1, 0.15) is 42.1 Å². The molecule has 0 bridgehead atoms. The largest absolute Gasteiger partial charge is 0.497 e. The number of nitrogens with zero attached hydrogens (tertiary/aromatic N) is 3. The summed E-state index contributed by atoms with van der Waals surface area (Å²) in [5.41, 5.74) is 5.52. The minimum atomic E-state index is 0.0714. The number of hydrogen-bond acceptors (Lipinski definition) is 4. The van der Waals surface area contributed by atoms with Crippen LogP contribution in [-0.4, -0.2) is 35.7 Å². The lowest BCUT2D eigenvalue weighted by molar-refractivity contribution is -0.117. The molecule has 1 aromatic heterocycles. The number of rotatable bonds is 9. The molecule has 5 rings (SSSR count). The third-order valence-electron chi connectivity index (χ3n) is 7.08. The van der Waals surface area contributed by atoms with Crippen molar-refractivity contribution < 1.29 is 14.3 Å². The van der Waals surface area contributed by atoms with Gasteiger partial charge in [-0.2, -0.15) is 0 Å². The second kappa shape index (κ2) is 10.4. The predicted molar refractivity (Wildman–Crippen MR) is 143 cm³/mol. The predicted octanol–water partition coefficient (Wildman–Crippen LogP) is 6.04. The molecule has 0 spiro atoms. The van der Waals surface area contributed by atoms with E-state index in [9.17, 15) is 4.79 Å². The van der Waals surface area contributed by atoms with Crippen molar-refractivity contribution in [3.05, 3.63) is 83.7 Å². The van der Waals surface area contributed by atoms with Crippen LogP contribution in [0.3, 0.4) is 0 Å². The topological polar surface area (TPSA) is 56.6 Å². The Morgan fingerprint density at radius 2 is 1.72 bits per heavy atom. The molecule has 0 radical (unpaired) electrons. The number of fused-ring (bicyclic) bond motifs is 1.